The van der Waals surface area contributed by atoms with Gasteiger partial charge in [-0.2, -0.15) is 39.6 Å². The summed E-state index contributed by atoms with van der Waals surface area (Å²) < 4.78 is 99.3. The van der Waals surface area contributed by atoms with Crippen molar-refractivity contribution in [2.75, 3.05) is 0 Å². The second-order valence-electron chi connectivity index (χ2n) is 17.7. The molecule has 1 atom stereocenters. The van der Waals surface area contributed by atoms with Crippen LogP contribution < -0.4 is 12.5 Å². The quantitative estimate of drug-likeness (QED) is 0.0635. The van der Waals surface area contributed by atoms with Crippen LogP contribution in [0.4, 0.5) is 0 Å². The van der Waals surface area contributed by atoms with Crippen LogP contribution in [0.3, 0.4) is 0 Å². The lowest BCUT2D eigenvalue weighted by Crippen LogP contribution is -2.33. The maximum atomic E-state index is 13.8. The molecule has 10 rings (SSSR count). The van der Waals surface area contributed by atoms with E-state index >= 15 is 0 Å². The number of hydrogen-bond acceptors (Lipinski definition) is 12. The topological polar surface area (TPSA) is 291 Å². The summed E-state index contributed by atoms with van der Waals surface area (Å²) in [5.74, 6) is -2.21. The fraction of sp³-hybridized carbons (Fsp3) is 0.111. The predicted octanol–water partition coefficient (Wildman–Crippen LogP) is 8.27. The second-order valence-corrected chi connectivity index (χ2v) is 22.2. The van der Waals surface area contributed by atoms with Crippen LogP contribution in [0.5, 0.6) is 17.2 Å². The van der Waals surface area contributed by atoms with E-state index in [4.69, 9.17) is 12.5 Å². The molecule has 0 N–H and O–H groups in total. The third-order valence-corrected chi connectivity index (χ3v) is 17.4. The number of fused-ring (bicyclic) bond motifs is 3. The average molecular weight is 1060 g/mol. The molecule has 75 heavy (non-hydrogen) atoms. The van der Waals surface area contributed by atoms with Crippen LogP contribution in [0.1, 0.15) is 96.1 Å². The van der Waals surface area contributed by atoms with Gasteiger partial charge < -0.3 is 29.1 Å². The van der Waals surface area contributed by atoms with Gasteiger partial charge in [-0.1, -0.05) is 79.2 Å². The molecule has 0 amide bonds. The fourth-order valence-electron chi connectivity index (χ4n) is 9.98. The van der Waals surface area contributed by atoms with E-state index in [1.165, 1.54) is 127 Å². The lowest BCUT2D eigenvalue weighted by Gasteiger charge is -2.42. The number of hydrogen-bond donors (Lipinski definition) is 0. The number of carbonyl (C=O) groups excluding carboxylic acids is 3. The zero-order chi connectivity index (χ0) is 52.9. The van der Waals surface area contributed by atoms with E-state index in [1.807, 2.05) is 0 Å². The monoisotopic (exact) mass is 1060 g/mol. The summed E-state index contributed by atoms with van der Waals surface area (Å²) >= 11 is 0. The van der Waals surface area contributed by atoms with Gasteiger partial charge in [0.25, 0.3) is 17.3 Å². The van der Waals surface area contributed by atoms with E-state index in [1.54, 1.807) is 36.4 Å². The minimum atomic E-state index is -4.53. The van der Waals surface area contributed by atoms with Gasteiger partial charge in [-0.15, -0.1) is 0 Å². The van der Waals surface area contributed by atoms with Gasteiger partial charge in [-0.25, -0.2) is 0 Å². The first-order chi connectivity index (χ1) is 36.0. The SMILES string of the molecule is [N-]=[N+]=C1C=Cc2c(cccc2S(=O)(=O)Oc2ccc(C3CCCC(c4ccc(OS(=O)(=O)c5cccc6c5C=CC(=[N+]=[N-])C6=O)cc4)(c4ccc(OS(=O)(=O)c5cccc6c5C=CC(=[N+]=[N-])C6=O)cc4)C3)cc2)C1=O. The molecule has 0 spiro atoms. The molecule has 21 heteroatoms. The van der Waals surface area contributed by atoms with Crippen LogP contribution in [0.15, 0.2) is 160 Å². The molecule has 0 saturated heterocycles. The van der Waals surface area contributed by atoms with E-state index in [9.17, 15) is 56.2 Å². The van der Waals surface area contributed by atoms with Gasteiger partial charge in [0, 0.05) is 57.0 Å². The van der Waals surface area contributed by atoms with Crippen LogP contribution in [-0.2, 0) is 35.8 Å². The smallest absolute Gasteiger partial charge is 0.362 e. The predicted molar refractivity (Wildman–Crippen MR) is 270 cm³/mol. The summed E-state index contributed by atoms with van der Waals surface area (Å²) in [5.41, 5.74) is 28.7. The first-order valence-corrected chi connectivity index (χ1v) is 27.1. The van der Waals surface area contributed by atoms with Crippen molar-refractivity contribution in [2.24, 2.45) is 0 Å². The summed E-state index contributed by atoms with van der Waals surface area (Å²) in [7, 11) is -13.5. The average Bonchev–Trinajstić information content (AvgIpc) is 3.41. The number of Topliss-reactive ketones (excluding diaryl/α,β-unsaturated/α-hetero) is 3. The zero-order valence-corrected chi connectivity index (χ0v) is 41.3. The maximum absolute atomic E-state index is 13.8. The molecule has 6 aromatic carbocycles. The standard InChI is InChI=1S/C54H36N6O12S3/c55-58-45-27-24-39-42(51(45)61)6-1-9-48(39)73(64,65)70-36-18-12-32(13-19-36)33-5-4-30-54(31-33,34-14-20-37(21-15-34)71-74(66,67)49-10-2-7-43-40(49)25-28-46(59-56)52(43)62)35-16-22-38(23-17-35)72-75(68,69)50-11-3-8-44-41(50)26-29-47(60-57)53(44)63/h1-3,6-29,33H,4-5,30-31H2. The summed E-state index contributed by atoms with van der Waals surface area (Å²) in [4.78, 5) is 46.6. The van der Waals surface area contributed by atoms with Crippen molar-refractivity contribution in [2.45, 2.75) is 51.7 Å². The van der Waals surface area contributed by atoms with Crippen LogP contribution in [0.2, 0.25) is 0 Å². The molecule has 1 fully saturated rings. The molecular formula is C54H36N6O12S3. The number of ketones is 3. The molecule has 0 heterocycles. The highest BCUT2D eigenvalue weighted by atomic mass is 32.2. The van der Waals surface area contributed by atoms with Crippen LogP contribution in [0, 0.1) is 0 Å². The van der Waals surface area contributed by atoms with E-state index < -0.39 is 53.1 Å². The van der Waals surface area contributed by atoms with Crippen molar-refractivity contribution < 1.29 is 66.6 Å². The zero-order valence-electron chi connectivity index (χ0n) is 38.8. The molecule has 372 valence electrons. The third kappa shape index (κ3) is 9.01. The fourth-order valence-corrected chi connectivity index (χ4v) is 13.4. The van der Waals surface area contributed by atoms with Gasteiger partial charge in [-0.3, -0.25) is 14.4 Å². The first kappa shape index (κ1) is 49.5. The Hall–Kier alpha value is -9.06. The third-order valence-electron chi connectivity index (χ3n) is 13.5. The van der Waals surface area contributed by atoms with Crippen molar-refractivity contribution in [1.29, 1.82) is 0 Å². The summed E-state index contributed by atoms with van der Waals surface area (Å²) in [5, 5.41) is 0. The number of carbonyl (C=O) groups is 3. The van der Waals surface area contributed by atoms with Gasteiger partial charge in [0.05, 0.1) is 0 Å². The molecule has 4 aliphatic rings. The maximum Gasteiger partial charge on any atom is 0.362 e. The Morgan fingerprint density at radius 2 is 0.773 bits per heavy atom. The highest BCUT2D eigenvalue weighted by Gasteiger charge is 2.41. The molecule has 0 aromatic heterocycles. The minimum absolute atomic E-state index is 0.00279. The van der Waals surface area contributed by atoms with E-state index in [2.05, 4.69) is 14.4 Å². The van der Waals surface area contributed by atoms with Crippen LogP contribution >= 0.6 is 0 Å². The molecule has 4 aliphatic carbocycles. The Labute approximate surface area is 428 Å². The Bertz CT molecular complexity index is 3920. The van der Waals surface area contributed by atoms with Crippen molar-refractivity contribution >= 4 is 83.1 Å². The second kappa shape index (κ2) is 19.1. The summed E-state index contributed by atoms with van der Waals surface area (Å²) in [6.45, 7) is 0. The largest absolute Gasteiger partial charge is 0.379 e. The Kier molecular flexibility index (Phi) is 12.6. The Morgan fingerprint density at radius 3 is 1.11 bits per heavy atom. The highest BCUT2D eigenvalue weighted by Crippen LogP contribution is 2.51. The minimum Gasteiger partial charge on any atom is -0.379 e. The molecule has 1 unspecified atom stereocenters. The number of allylic oxidation sites excluding steroid dienone is 3. The normalized spacial score (nSPS) is 18.0. The molecule has 0 radical (unpaired) electrons. The number of rotatable bonds is 12. The lowest BCUT2D eigenvalue weighted by atomic mass is 9.61. The molecule has 6 aromatic rings. The molecule has 0 aliphatic heterocycles. The van der Waals surface area contributed by atoms with Gasteiger partial charge in [0.15, 0.2) is 0 Å². The molecular weight excluding hydrogens is 1020 g/mol. The van der Waals surface area contributed by atoms with Crippen molar-refractivity contribution in [3.05, 3.63) is 212 Å². The van der Waals surface area contributed by atoms with Gasteiger partial charge in [0.2, 0.25) is 0 Å². The lowest BCUT2D eigenvalue weighted by molar-refractivity contribution is -0.00459. The first-order valence-electron chi connectivity index (χ1n) is 22.8. The van der Waals surface area contributed by atoms with Crippen molar-refractivity contribution in [3.8, 4) is 17.2 Å². The number of benzene rings is 6. The van der Waals surface area contributed by atoms with Crippen molar-refractivity contribution in [1.82, 2.24) is 0 Å². The van der Waals surface area contributed by atoms with Gasteiger partial charge in [-0.05, 0) is 115 Å². The molecule has 0 bridgehead atoms. The summed E-state index contributed by atoms with van der Waals surface area (Å²) in [6.07, 6.45) is 10.1. The molecule has 1 saturated carbocycles. The van der Waals surface area contributed by atoms with E-state index in [-0.39, 0.29) is 88.4 Å². The van der Waals surface area contributed by atoms with Gasteiger partial charge in [0.1, 0.15) is 31.9 Å². The van der Waals surface area contributed by atoms with Crippen molar-refractivity contribution in [3.63, 3.8) is 0 Å². The summed E-state index contributed by atoms with van der Waals surface area (Å²) in [6, 6.07) is 31.8. The Morgan fingerprint density at radius 1 is 0.440 bits per heavy atom. The highest BCUT2D eigenvalue weighted by molar-refractivity contribution is 7.87. The van der Waals surface area contributed by atoms with Crippen LogP contribution in [0.25, 0.3) is 34.8 Å². The number of nitrogens with zero attached hydrogens (tertiary/aromatic N) is 6. The van der Waals surface area contributed by atoms with E-state index in [0.29, 0.717) is 25.7 Å². The van der Waals surface area contributed by atoms with Gasteiger partial charge >= 0.3 is 47.5 Å². The Balaban J connectivity index is 0.956. The molecule has 18 nitrogen and oxygen atoms in total. The van der Waals surface area contributed by atoms with Crippen LogP contribution in [-0.4, -0.2) is 74.1 Å². The van der Waals surface area contributed by atoms with E-state index in [0.717, 1.165) is 16.7 Å².